The summed E-state index contributed by atoms with van der Waals surface area (Å²) in [6.45, 7) is 5.93. The lowest BCUT2D eigenvalue weighted by Crippen LogP contribution is -2.36. The van der Waals surface area contributed by atoms with Crippen molar-refractivity contribution in [3.8, 4) is 5.75 Å². The van der Waals surface area contributed by atoms with Crippen molar-refractivity contribution in [1.29, 1.82) is 0 Å². The summed E-state index contributed by atoms with van der Waals surface area (Å²) in [4.78, 5) is 26.6. The second-order valence-electron chi connectivity index (χ2n) is 5.36. The van der Waals surface area contributed by atoms with E-state index in [9.17, 15) is 14.9 Å². The average molecular weight is 297 g/mol. The van der Waals surface area contributed by atoms with Crippen LogP contribution < -0.4 is 4.74 Å². The molecule has 116 valence electrons. The quantitative estimate of drug-likeness (QED) is 0.611. The van der Waals surface area contributed by atoms with E-state index in [1.807, 2.05) is 0 Å². The van der Waals surface area contributed by atoms with Crippen molar-refractivity contribution in [2.75, 3.05) is 20.2 Å². The third-order valence-electron chi connectivity index (χ3n) is 2.31. The van der Waals surface area contributed by atoms with Gasteiger partial charge in [-0.1, -0.05) is 0 Å². The Labute approximate surface area is 122 Å². The maximum Gasteiger partial charge on any atom is 0.410 e. The van der Waals surface area contributed by atoms with Gasteiger partial charge in [0.25, 0.3) is 0 Å². The number of pyridine rings is 1. The lowest BCUT2D eigenvalue weighted by molar-refractivity contribution is -0.389. The Morgan fingerprint density at radius 2 is 2.10 bits per heavy atom. The van der Waals surface area contributed by atoms with Crippen LogP contribution in [0.5, 0.6) is 5.75 Å². The zero-order chi connectivity index (χ0) is 16.0. The average Bonchev–Trinajstić information content (AvgIpc) is 2.37. The summed E-state index contributed by atoms with van der Waals surface area (Å²) >= 11 is 0. The number of nitrogens with zero attached hydrogens (tertiary/aromatic N) is 3. The molecule has 0 unspecified atom stereocenters. The fourth-order valence-electron chi connectivity index (χ4n) is 1.30. The van der Waals surface area contributed by atoms with Gasteiger partial charge in [-0.05, 0) is 36.7 Å². The Kier molecular flexibility index (Phi) is 5.45. The van der Waals surface area contributed by atoms with Crippen molar-refractivity contribution in [3.63, 3.8) is 0 Å². The predicted molar refractivity (Wildman–Crippen MR) is 75.3 cm³/mol. The number of likely N-dealkylation sites (N-methyl/N-ethyl adjacent to an activating group) is 1. The van der Waals surface area contributed by atoms with Crippen molar-refractivity contribution >= 4 is 11.9 Å². The maximum atomic E-state index is 11.7. The van der Waals surface area contributed by atoms with E-state index in [4.69, 9.17) is 9.47 Å². The van der Waals surface area contributed by atoms with Gasteiger partial charge in [-0.2, -0.15) is 0 Å². The SMILES string of the molecule is CN(CCOc1ccc([N+](=O)[O-])nc1)C(=O)OC(C)(C)C. The first-order chi connectivity index (χ1) is 9.69. The first-order valence-electron chi connectivity index (χ1n) is 6.36. The van der Waals surface area contributed by atoms with Gasteiger partial charge in [0.1, 0.15) is 12.2 Å². The first kappa shape index (κ1) is 16.7. The summed E-state index contributed by atoms with van der Waals surface area (Å²) in [6, 6.07) is 2.71. The van der Waals surface area contributed by atoms with Gasteiger partial charge in [-0.25, -0.2) is 4.79 Å². The number of rotatable bonds is 5. The van der Waals surface area contributed by atoms with Crippen LogP contribution in [0.3, 0.4) is 0 Å². The topological polar surface area (TPSA) is 94.8 Å². The molecular formula is C13H19N3O5. The van der Waals surface area contributed by atoms with E-state index < -0.39 is 16.6 Å². The van der Waals surface area contributed by atoms with Gasteiger partial charge in [0, 0.05) is 13.1 Å². The molecule has 0 saturated carbocycles. The van der Waals surface area contributed by atoms with Crippen LogP contribution in [0.4, 0.5) is 10.6 Å². The molecule has 0 aliphatic carbocycles. The van der Waals surface area contributed by atoms with Crippen molar-refractivity contribution in [2.24, 2.45) is 0 Å². The summed E-state index contributed by atoms with van der Waals surface area (Å²) < 4.78 is 10.5. The van der Waals surface area contributed by atoms with Crippen molar-refractivity contribution in [1.82, 2.24) is 9.88 Å². The number of hydrogen-bond acceptors (Lipinski definition) is 6. The van der Waals surface area contributed by atoms with Crippen molar-refractivity contribution in [2.45, 2.75) is 26.4 Å². The molecule has 0 bridgehead atoms. The van der Waals surface area contributed by atoms with Gasteiger partial charge in [-0.3, -0.25) is 0 Å². The van der Waals surface area contributed by atoms with E-state index in [0.717, 1.165) is 0 Å². The van der Waals surface area contributed by atoms with E-state index in [1.54, 1.807) is 27.8 Å². The lowest BCUT2D eigenvalue weighted by Gasteiger charge is -2.24. The molecular weight excluding hydrogens is 278 g/mol. The molecule has 0 aromatic carbocycles. The molecule has 8 nitrogen and oxygen atoms in total. The van der Waals surface area contributed by atoms with E-state index in [0.29, 0.717) is 12.3 Å². The van der Waals surface area contributed by atoms with Crippen LogP contribution in [-0.2, 0) is 4.74 Å². The molecule has 0 spiro atoms. The standard InChI is InChI=1S/C13H19N3O5/c1-13(2,3)21-12(17)15(4)7-8-20-10-5-6-11(14-9-10)16(18)19/h5-6,9H,7-8H2,1-4H3. The Morgan fingerprint density at radius 1 is 1.43 bits per heavy atom. The largest absolute Gasteiger partial charge is 0.488 e. The van der Waals surface area contributed by atoms with Crippen molar-refractivity contribution in [3.05, 3.63) is 28.4 Å². The van der Waals surface area contributed by atoms with E-state index >= 15 is 0 Å². The maximum absolute atomic E-state index is 11.7. The van der Waals surface area contributed by atoms with Crippen LogP contribution in [0.15, 0.2) is 18.3 Å². The fraction of sp³-hybridized carbons (Fsp3) is 0.538. The molecule has 8 heteroatoms. The van der Waals surface area contributed by atoms with Gasteiger partial charge in [0.2, 0.25) is 0 Å². The van der Waals surface area contributed by atoms with E-state index in [-0.39, 0.29) is 12.4 Å². The number of hydrogen-bond donors (Lipinski definition) is 0. The van der Waals surface area contributed by atoms with Gasteiger partial charge >= 0.3 is 11.9 Å². The molecule has 0 aliphatic heterocycles. The summed E-state index contributed by atoms with van der Waals surface area (Å²) in [5.74, 6) is 0.159. The summed E-state index contributed by atoms with van der Waals surface area (Å²) in [6.07, 6.45) is 0.832. The highest BCUT2D eigenvalue weighted by molar-refractivity contribution is 5.67. The van der Waals surface area contributed by atoms with Crippen LogP contribution in [0, 0.1) is 10.1 Å². The number of carbonyl (C=O) groups excluding carboxylic acids is 1. The molecule has 1 amide bonds. The van der Waals surface area contributed by atoms with Crippen LogP contribution in [0.25, 0.3) is 0 Å². The molecule has 1 rings (SSSR count). The number of ether oxygens (including phenoxy) is 2. The van der Waals surface area contributed by atoms with Gasteiger partial charge < -0.3 is 24.5 Å². The van der Waals surface area contributed by atoms with Crippen LogP contribution >= 0.6 is 0 Å². The second-order valence-corrected chi connectivity index (χ2v) is 5.36. The van der Waals surface area contributed by atoms with Crippen LogP contribution in [0.2, 0.25) is 0 Å². The molecule has 1 heterocycles. The lowest BCUT2D eigenvalue weighted by atomic mass is 10.2. The molecule has 21 heavy (non-hydrogen) atoms. The number of nitro groups is 1. The summed E-state index contributed by atoms with van der Waals surface area (Å²) in [7, 11) is 1.60. The smallest absolute Gasteiger partial charge is 0.410 e. The predicted octanol–water partition coefficient (Wildman–Crippen LogP) is 2.24. The minimum absolute atomic E-state index is 0.231. The molecule has 1 aromatic rings. The van der Waals surface area contributed by atoms with E-state index in [2.05, 4.69) is 4.98 Å². The minimum atomic E-state index is -0.583. The Balaban J connectivity index is 2.39. The Bertz CT molecular complexity index is 496. The van der Waals surface area contributed by atoms with Crippen LogP contribution in [0.1, 0.15) is 20.8 Å². The number of aromatic nitrogens is 1. The van der Waals surface area contributed by atoms with Crippen LogP contribution in [-0.4, -0.2) is 46.7 Å². The van der Waals surface area contributed by atoms with Gasteiger partial charge in [0.15, 0.2) is 11.9 Å². The molecule has 0 aliphatic rings. The second kappa shape index (κ2) is 6.87. The third-order valence-corrected chi connectivity index (χ3v) is 2.31. The number of carbonyl (C=O) groups is 1. The minimum Gasteiger partial charge on any atom is -0.488 e. The molecule has 1 aromatic heterocycles. The van der Waals surface area contributed by atoms with E-state index in [1.165, 1.54) is 23.2 Å². The summed E-state index contributed by atoms with van der Waals surface area (Å²) in [5.41, 5.74) is -0.547. The number of amides is 1. The summed E-state index contributed by atoms with van der Waals surface area (Å²) in [5, 5.41) is 10.4. The molecule has 0 fully saturated rings. The molecule has 0 N–H and O–H groups in total. The van der Waals surface area contributed by atoms with Crippen molar-refractivity contribution < 1.29 is 19.2 Å². The highest BCUT2D eigenvalue weighted by atomic mass is 16.6. The zero-order valence-corrected chi connectivity index (χ0v) is 12.5. The highest BCUT2D eigenvalue weighted by Crippen LogP contribution is 2.13. The van der Waals surface area contributed by atoms with Gasteiger partial charge in [0.05, 0.1) is 6.54 Å². The Morgan fingerprint density at radius 3 is 2.57 bits per heavy atom. The molecule has 0 radical (unpaired) electrons. The van der Waals surface area contributed by atoms with Gasteiger partial charge in [-0.15, -0.1) is 0 Å². The molecule has 0 saturated heterocycles. The monoisotopic (exact) mass is 297 g/mol. The third kappa shape index (κ3) is 6.07. The fourth-order valence-corrected chi connectivity index (χ4v) is 1.30. The zero-order valence-electron chi connectivity index (χ0n) is 12.5. The molecule has 0 atom stereocenters. The Hall–Kier alpha value is -2.38. The normalized spacial score (nSPS) is 10.9. The first-order valence-corrected chi connectivity index (χ1v) is 6.36. The highest BCUT2D eigenvalue weighted by Gasteiger charge is 2.19.